The lowest BCUT2D eigenvalue weighted by Crippen LogP contribution is -2.19. The second-order valence-electron chi connectivity index (χ2n) is 3.25. The summed E-state index contributed by atoms with van der Waals surface area (Å²) in [6, 6.07) is 0.303. The molecular weight excluding hydrogens is 242 g/mol. The van der Waals surface area contributed by atoms with Crippen LogP contribution in [-0.4, -0.2) is 26.3 Å². The molecule has 0 aliphatic rings. The van der Waals surface area contributed by atoms with Gasteiger partial charge in [0.25, 0.3) is 0 Å². The van der Waals surface area contributed by atoms with Gasteiger partial charge in [-0.3, -0.25) is 0 Å². The highest BCUT2D eigenvalue weighted by atomic mass is 32.1. The minimum atomic E-state index is 0.303. The zero-order valence-electron chi connectivity index (χ0n) is 9.17. The quantitative estimate of drug-likeness (QED) is 0.886. The van der Waals surface area contributed by atoms with E-state index in [1.165, 1.54) is 11.5 Å². The molecule has 0 saturated carbocycles. The fourth-order valence-electron chi connectivity index (χ4n) is 1.39. The largest absolute Gasteiger partial charge is 0.308 e. The molecule has 0 amide bonds. The van der Waals surface area contributed by atoms with Crippen LogP contribution in [0.1, 0.15) is 31.3 Å². The van der Waals surface area contributed by atoms with Crippen LogP contribution in [0.2, 0.25) is 0 Å². The molecule has 7 heteroatoms. The Morgan fingerprint density at radius 2 is 2.25 bits per heavy atom. The SMILES string of the molecule is CCNC(CC)c1nnc(-c2cnns2)s1. The minimum Gasteiger partial charge on any atom is -0.308 e. The summed E-state index contributed by atoms with van der Waals surface area (Å²) >= 11 is 2.96. The lowest BCUT2D eigenvalue weighted by Gasteiger charge is -2.10. The van der Waals surface area contributed by atoms with Gasteiger partial charge >= 0.3 is 0 Å². The van der Waals surface area contributed by atoms with Gasteiger partial charge in [0.2, 0.25) is 0 Å². The number of hydrogen-bond donors (Lipinski definition) is 1. The fraction of sp³-hybridized carbons (Fsp3) is 0.556. The average molecular weight is 255 g/mol. The van der Waals surface area contributed by atoms with E-state index in [1.807, 2.05) is 0 Å². The van der Waals surface area contributed by atoms with Crippen LogP contribution in [0.25, 0.3) is 9.88 Å². The van der Waals surface area contributed by atoms with E-state index in [2.05, 4.69) is 38.9 Å². The molecule has 0 aliphatic heterocycles. The number of hydrogen-bond acceptors (Lipinski definition) is 7. The lowest BCUT2D eigenvalue weighted by molar-refractivity contribution is 0.531. The molecule has 1 N–H and O–H groups in total. The predicted octanol–water partition coefficient (Wildman–Crippen LogP) is 2.12. The first-order valence-corrected chi connectivity index (χ1v) is 6.78. The highest BCUT2D eigenvalue weighted by Gasteiger charge is 2.15. The van der Waals surface area contributed by atoms with Gasteiger partial charge in [-0.25, -0.2) is 0 Å². The molecule has 1 atom stereocenters. The molecule has 0 saturated heterocycles. The highest BCUT2D eigenvalue weighted by Crippen LogP contribution is 2.29. The first-order valence-electron chi connectivity index (χ1n) is 5.19. The van der Waals surface area contributed by atoms with Gasteiger partial charge in [-0.1, -0.05) is 29.7 Å². The minimum absolute atomic E-state index is 0.303. The summed E-state index contributed by atoms with van der Waals surface area (Å²) in [6.45, 7) is 5.18. The van der Waals surface area contributed by atoms with Crippen molar-refractivity contribution in [2.75, 3.05) is 6.54 Å². The molecule has 2 aromatic rings. The van der Waals surface area contributed by atoms with Gasteiger partial charge in [-0.2, -0.15) is 0 Å². The Bertz CT molecular complexity index is 425. The van der Waals surface area contributed by atoms with Crippen LogP contribution in [0.3, 0.4) is 0 Å². The van der Waals surface area contributed by atoms with Crippen molar-refractivity contribution in [3.8, 4) is 9.88 Å². The predicted molar refractivity (Wildman–Crippen MR) is 65.5 cm³/mol. The highest BCUT2D eigenvalue weighted by molar-refractivity contribution is 7.19. The smallest absolute Gasteiger partial charge is 0.161 e. The van der Waals surface area contributed by atoms with Crippen LogP contribution >= 0.6 is 22.9 Å². The number of rotatable bonds is 5. The Kier molecular flexibility index (Phi) is 3.92. The third kappa shape index (κ3) is 2.42. The number of aromatic nitrogens is 4. The summed E-state index contributed by atoms with van der Waals surface area (Å²) < 4.78 is 3.82. The van der Waals surface area contributed by atoms with E-state index in [-0.39, 0.29) is 0 Å². The molecule has 0 bridgehead atoms. The molecule has 5 nitrogen and oxygen atoms in total. The summed E-state index contributed by atoms with van der Waals surface area (Å²) in [4.78, 5) is 0.982. The molecule has 2 rings (SSSR count). The van der Waals surface area contributed by atoms with Crippen LogP contribution in [-0.2, 0) is 0 Å². The summed E-state index contributed by atoms with van der Waals surface area (Å²) in [7, 11) is 0. The Labute approximate surface area is 102 Å². The van der Waals surface area contributed by atoms with Crippen LogP contribution in [0.4, 0.5) is 0 Å². The van der Waals surface area contributed by atoms with Gasteiger partial charge < -0.3 is 5.32 Å². The van der Waals surface area contributed by atoms with E-state index in [0.29, 0.717) is 6.04 Å². The van der Waals surface area contributed by atoms with Gasteiger partial charge in [-0.15, -0.1) is 15.3 Å². The maximum absolute atomic E-state index is 4.22. The van der Waals surface area contributed by atoms with Crippen molar-refractivity contribution in [3.05, 3.63) is 11.2 Å². The Morgan fingerprint density at radius 3 is 2.88 bits per heavy atom. The van der Waals surface area contributed by atoms with Gasteiger partial charge in [-0.05, 0) is 24.5 Å². The maximum Gasteiger partial charge on any atom is 0.161 e. The van der Waals surface area contributed by atoms with E-state index >= 15 is 0 Å². The third-order valence-electron chi connectivity index (χ3n) is 2.17. The molecule has 2 aromatic heterocycles. The molecule has 1 unspecified atom stereocenters. The molecule has 0 aromatic carbocycles. The second-order valence-corrected chi connectivity index (χ2v) is 5.04. The van der Waals surface area contributed by atoms with E-state index < -0.39 is 0 Å². The van der Waals surface area contributed by atoms with Crippen molar-refractivity contribution in [2.24, 2.45) is 0 Å². The topological polar surface area (TPSA) is 63.6 Å². The third-order valence-corrected chi connectivity index (χ3v) is 4.04. The van der Waals surface area contributed by atoms with Crippen molar-refractivity contribution in [1.82, 2.24) is 25.1 Å². The van der Waals surface area contributed by atoms with Crippen molar-refractivity contribution in [2.45, 2.75) is 26.3 Å². The molecule has 0 aliphatic carbocycles. The second kappa shape index (κ2) is 5.42. The molecule has 86 valence electrons. The van der Waals surface area contributed by atoms with Crippen molar-refractivity contribution < 1.29 is 0 Å². The van der Waals surface area contributed by atoms with Gasteiger partial charge in [0.15, 0.2) is 5.01 Å². The zero-order chi connectivity index (χ0) is 11.4. The first-order chi connectivity index (χ1) is 7.85. The fourth-order valence-corrected chi connectivity index (χ4v) is 2.93. The summed E-state index contributed by atoms with van der Waals surface area (Å²) in [5, 5.41) is 17.5. The monoisotopic (exact) mass is 255 g/mol. The van der Waals surface area contributed by atoms with E-state index in [4.69, 9.17) is 0 Å². The first kappa shape index (κ1) is 11.6. The molecule has 2 heterocycles. The summed E-state index contributed by atoms with van der Waals surface area (Å²) in [6.07, 6.45) is 2.74. The van der Waals surface area contributed by atoms with Crippen molar-refractivity contribution in [3.63, 3.8) is 0 Å². The molecule has 0 spiro atoms. The Balaban J connectivity index is 2.18. The zero-order valence-corrected chi connectivity index (χ0v) is 10.8. The summed E-state index contributed by atoms with van der Waals surface area (Å²) in [5.74, 6) is 0. The van der Waals surface area contributed by atoms with Gasteiger partial charge in [0, 0.05) is 0 Å². The Morgan fingerprint density at radius 1 is 1.38 bits per heavy atom. The number of nitrogens with one attached hydrogen (secondary N) is 1. The van der Waals surface area contributed by atoms with E-state index in [1.54, 1.807) is 17.5 Å². The Hall–Kier alpha value is -0.920. The molecular formula is C9H13N5S2. The molecule has 16 heavy (non-hydrogen) atoms. The average Bonchev–Trinajstić information content (AvgIpc) is 2.95. The molecule has 0 radical (unpaired) electrons. The van der Waals surface area contributed by atoms with Gasteiger partial charge in [0.1, 0.15) is 9.88 Å². The summed E-state index contributed by atoms with van der Waals surface area (Å²) in [5.41, 5.74) is 0. The van der Waals surface area contributed by atoms with E-state index in [0.717, 1.165) is 27.9 Å². The van der Waals surface area contributed by atoms with Crippen molar-refractivity contribution in [1.29, 1.82) is 0 Å². The molecule has 0 fully saturated rings. The van der Waals surface area contributed by atoms with Gasteiger partial charge in [0.05, 0.1) is 12.2 Å². The maximum atomic E-state index is 4.22. The van der Waals surface area contributed by atoms with Crippen molar-refractivity contribution >= 4 is 22.9 Å². The van der Waals surface area contributed by atoms with Crippen LogP contribution in [0, 0.1) is 0 Å². The van der Waals surface area contributed by atoms with E-state index in [9.17, 15) is 0 Å². The lowest BCUT2D eigenvalue weighted by atomic mass is 10.2. The van der Waals surface area contributed by atoms with Crippen LogP contribution in [0.5, 0.6) is 0 Å². The normalized spacial score (nSPS) is 12.9. The van der Waals surface area contributed by atoms with Crippen LogP contribution < -0.4 is 5.32 Å². The standard InChI is InChI=1S/C9H13N5S2/c1-3-6(10-4-2)8-12-13-9(15-8)7-5-11-14-16-7/h5-6,10H,3-4H2,1-2H3. The number of nitrogens with zero attached hydrogens (tertiary/aromatic N) is 4. The van der Waals surface area contributed by atoms with Crippen LogP contribution in [0.15, 0.2) is 6.20 Å².